The molecule has 1 aliphatic heterocycles. The number of nitrogens with one attached hydrogen (secondary N) is 2. The van der Waals surface area contributed by atoms with Crippen LogP contribution in [0.2, 0.25) is 0 Å². The number of likely N-dealkylation sites (tertiary alicyclic amines) is 1. The van der Waals surface area contributed by atoms with Crippen molar-refractivity contribution in [3.05, 3.63) is 22.8 Å². The summed E-state index contributed by atoms with van der Waals surface area (Å²) in [6.07, 6.45) is 3.06. The predicted molar refractivity (Wildman–Crippen MR) is 101 cm³/mol. The Bertz CT molecular complexity index is 765. The van der Waals surface area contributed by atoms with Gasteiger partial charge in [0.25, 0.3) is 5.91 Å². The maximum atomic E-state index is 12.5. The fourth-order valence-corrected chi connectivity index (χ4v) is 3.39. The number of halogens is 1. The van der Waals surface area contributed by atoms with Crippen molar-refractivity contribution < 1.29 is 34.2 Å². The van der Waals surface area contributed by atoms with E-state index in [0.717, 1.165) is 0 Å². The van der Waals surface area contributed by atoms with E-state index in [1.165, 1.54) is 11.0 Å². The molecule has 0 spiro atoms. The van der Waals surface area contributed by atoms with Crippen LogP contribution in [0.15, 0.2) is 22.8 Å². The van der Waals surface area contributed by atoms with E-state index in [0.29, 0.717) is 32.1 Å². The number of aliphatic hydroxyl groups is 1. The molecular formula is C18H22ClN3O7. The lowest BCUT2D eigenvalue weighted by atomic mass is 10.0. The minimum atomic E-state index is -1.24. The van der Waals surface area contributed by atoms with Crippen molar-refractivity contribution in [1.29, 1.82) is 0 Å². The highest BCUT2D eigenvalue weighted by Gasteiger charge is 2.35. The van der Waals surface area contributed by atoms with Gasteiger partial charge < -0.3 is 30.5 Å². The molecule has 0 radical (unpaired) electrons. The van der Waals surface area contributed by atoms with Crippen LogP contribution in [-0.2, 0) is 24.0 Å². The molecule has 1 fully saturated rings. The van der Waals surface area contributed by atoms with Gasteiger partial charge in [0.05, 0.1) is 35.7 Å². The molecule has 10 nitrogen and oxygen atoms in total. The number of aliphatic carboxylic acids is 1. The van der Waals surface area contributed by atoms with Crippen LogP contribution in [0.3, 0.4) is 0 Å². The smallest absolute Gasteiger partial charge is 0.305 e. The molecule has 2 rings (SSSR count). The third-order valence-corrected chi connectivity index (χ3v) is 5.06. The van der Waals surface area contributed by atoms with Gasteiger partial charge in [-0.05, 0) is 19.3 Å². The molecule has 158 valence electrons. The molecule has 1 aliphatic carbocycles. The Morgan fingerprint density at radius 1 is 1.34 bits per heavy atom. The Labute approximate surface area is 171 Å². The summed E-state index contributed by atoms with van der Waals surface area (Å²) in [5, 5.41) is 23.2. The second-order valence-corrected chi connectivity index (χ2v) is 7.10. The Morgan fingerprint density at radius 2 is 2.07 bits per heavy atom. The van der Waals surface area contributed by atoms with Crippen molar-refractivity contribution in [3.63, 3.8) is 0 Å². The zero-order valence-corrected chi connectivity index (χ0v) is 16.2. The van der Waals surface area contributed by atoms with E-state index in [-0.39, 0.29) is 17.2 Å². The van der Waals surface area contributed by atoms with Crippen molar-refractivity contribution in [1.82, 2.24) is 15.5 Å². The number of hydrogen-bond donors (Lipinski definition) is 4. The molecule has 29 heavy (non-hydrogen) atoms. The molecule has 0 aromatic heterocycles. The van der Waals surface area contributed by atoms with Crippen LogP contribution in [0.25, 0.3) is 0 Å². The third-order valence-electron chi connectivity index (χ3n) is 4.60. The van der Waals surface area contributed by atoms with Crippen LogP contribution in [0.5, 0.6) is 0 Å². The second kappa shape index (κ2) is 10.2. The Kier molecular flexibility index (Phi) is 7.91. The molecule has 3 atom stereocenters. The highest BCUT2D eigenvalue weighted by Crippen LogP contribution is 2.23. The van der Waals surface area contributed by atoms with Gasteiger partial charge in [-0.1, -0.05) is 23.8 Å². The number of carbonyl (C=O) groups is 5. The SMILES string of the molecule is O=C[C@H](CC(=O)O)NC(=O)[C@@H]1CCCN1C(=O)CNC(=O)C1=C(Cl)C(O)CC=C1. The van der Waals surface area contributed by atoms with E-state index in [1.54, 1.807) is 6.08 Å². The van der Waals surface area contributed by atoms with E-state index >= 15 is 0 Å². The lowest BCUT2D eigenvalue weighted by Crippen LogP contribution is -2.51. The number of amides is 3. The summed E-state index contributed by atoms with van der Waals surface area (Å²) in [5.74, 6) is -2.99. The molecule has 11 heteroatoms. The number of carbonyl (C=O) groups excluding carboxylic acids is 4. The van der Waals surface area contributed by atoms with Gasteiger partial charge in [-0.3, -0.25) is 19.2 Å². The second-order valence-electron chi connectivity index (χ2n) is 6.69. The quantitative estimate of drug-likeness (QED) is 0.365. The molecule has 0 saturated carbocycles. The first kappa shape index (κ1) is 22.6. The number of aliphatic hydroxyl groups excluding tert-OH is 1. The van der Waals surface area contributed by atoms with Crippen LogP contribution in [0, 0.1) is 0 Å². The first-order valence-electron chi connectivity index (χ1n) is 9.04. The number of hydrogen-bond acceptors (Lipinski definition) is 6. The van der Waals surface area contributed by atoms with E-state index in [2.05, 4.69) is 10.6 Å². The fourth-order valence-electron chi connectivity index (χ4n) is 3.15. The van der Waals surface area contributed by atoms with Crippen molar-refractivity contribution in [3.8, 4) is 0 Å². The average Bonchev–Trinajstić information content (AvgIpc) is 3.17. The molecule has 1 heterocycles. The zero-order valence-electron chi connectivity index (χ0n) is 15.5. The molecule has 2 aliphatic rings. The van der Waals surface area contributed by atoms with Gasteiger partial charge in [-0.25, -0.2) is 0 Å². The normalized spacial score (nSPS) is 22.2. The number of carboxylic acids is 1. The first-order chi connectivity index (χ1) is 13.7. The molecule has 0 aromatic rings. The predicted octanol–water partition coefficient (Wildman–Crippen LogP) is -0.934. The summed E-state index contributed by atoms with van der Waals surface area (Å²) in [6.45, 7) is -0.0913. The average molecular weight is 428 g/mol. The molecule has 3 amide bonds. The maximum absolute atomic E-state index is 12.5. The number of nitrogens with zero attached hydrogens (tertiary/aromatic N) is 1. The van der Waals surface area contributed by atoms with Gasteiger partial charge in [0.1, 0.15) is 12.3 Å². The monoisotopic (exact) mass is 427 g/mol. The maximum Gasteiger partial charge on any atom is 0.305 e. The standard InChI is InChI=1S/C18H22ClN3O7/c19-16-11(3-1-5-13(16)24)17(28)20-8-14(25)22-6-2-4-12(22)18(29)21-10(9-23)7-15(26)27/h1,3,9-10,12-13,24H,2,4-8H2,(H,20,28)(H,21,29)(H,26,27)/t10-,12-,13?/m0/s1. The Morgan fingerprint density at radius 3 is 2.72 bits per heavy atom. The topological polar surface area (TPSA) is 153 Å². The highest BCUT2D eigenvalue weighted by atomic mass is 35.5. The lowest BCUT2D eigenvalue weighted by Gasteiger charge is -2.25. The lowest BCUT2D eigenvalue weighted by molar-refractivity contribution is -0.141. The molecule has 0 bridgehead atoms. The molecule has 4 N–H and O–H groups in total. The zero-order chi connectivity index (χ0) is 21.6. The number of carboxylic acid groups (broad SMARTS) is 1. The minimum Gasteiger partial charge on any atom is -0.481 e. The van der Waals surface area contributed by atoms with E-state index in [4.69, 9.17) is 16.7 Å². The summed E-state index contributed by atoms with van der Waals surface area (Å²) in [6, 6.07) is -2.04. The van der Waals surface area contributed by atoms with Gasteiger partial charge in [-0.15, -0.1) is 0 Å². The van der Waals surface area contributed by atoms with Gasteiger partial charge in [0.15, 0.2) is 0 Å². The van der Waals surface area contributed by atoms with Crippen LogP contribution in [-0.4, -0.2) is 76.4 Å². The van der Waals surface area contributed by atoms with Crippen molar-refractivity contribution >= 4 is 41.6 Å². The number of aldehydes is 1. The highest BCUT2D eigenvalue weighted by molar-refractivity contribution is 6.33. The first-order valence-corrected chi connectivity index (χ1v) is 9.41. The summed E-state index contributed by atoms with van der Waals surface area (Å²) in [5.41, 5.74) is 0.0661. The van der Waals surface area contributed by atoms with Crippen LogP contribution in [0.1, 0.15) is 25.7 Å². The van der Waals surface area contributed by atoms with Gasteiger partial charge in [0.2, 0.25) is 11.8 Å². The fraction of sp³-hybridized carbons (Fsp3) is 0.500. The molecule has 0 aromatic carbocycles. The van der Waals surface area contributed by atoms with E-state index in [9.17, 15) is 29.1 Å². The van der Waals surface area contributed by atoms with E-state index < -0.39 is 48.3 Å². The summed E-state index contributed by atoms with van der Waals surface area (Å²) < 4.78 is 0. The van der Waals surface area contributed by atoms with Crippen LogP contribution < -0.4 is 10.6 Å². The van der Waals surface area contributed by atoms with Crippen molar-refractivity contribution in [2.24, 2.45) is 0 Å². The van der Waals surface area contributed by atoms with Crippen molar-refractivity contribution in [2.75, 3.05) is 13.1 Å². The largest absolute Gasteiger partial charge is 0.481 e. The van der Waals surface area contributed by atoms with Gasteiger partial charge >= 0.3 is 5.97 Å². The summed E-state index contributed by atoms with van der Waals surface area (Å²) >= 11 is 5.93. The van der Waals surface area contributed by atoms with Crippen molar-refractivity contribution in [2.45, 2.75) is 43.9 Å². The Balaban J connectivity index is 1.94. The summed E-state index contributed by atoms with van der Waals surface area (Å²) in [4.78, 5) is 60.0. The van der Waals surface area contributed by atoms with Gasteiger partial charge in [-0.2, -0.15) is 0 Å². The van der Waals surface area contributed by atoms with Crippen LogP contribution >= 0.6 is 11.6 Å². The summed E-state index contributed by atoms with van der Waals surface area (Å²) in [7, 11) is 0. The minimum absolute atomic E-state index is 0.00536. The Hall–Kier alpha value is -2.72. The third kappa shape index (κ3) is 5.88. The van der Waals surface area contributed by atoms with E-state index in [1.807, 2.05) is 0 Å². The molecule has 1 saturated heterocycles. The number of rotatable bonds is 8. The van der Waals surface area contributed by atoms with Crippen LogP contribution in [0.4, 0.5) is 0 Å². The molecular weight excluding hydrogens is 406 g/mol. The van der Waals surface area contributed by atoms with Gasteiger partial charge in [0, 0.05) is 6.54 Å². The molecule has 1 unspecified atom stereocenters.